The second-order valence-corrected chi connectivity index (χ2v) is 5.73. The van der Waals surface area contributed by atoms with Crippen LogP contribution in [0.3, 0.4) is 0 Å². The van der Waals surface area contributed by atoms with Gasteiger partial charge in [0.05, 0.1) is 8.67 Å². The van der Waals surface area contributed by atoms with Crippen LogP contribution in [0.25, 0.3) is 0 Å². The second-order valence-electron chi connectivity index (χ2n) is 3.44. The Kier molecular flexibility index (Phi) is 2.84. The molecule has 1 unspecified atom stereocenters. The van der Waals surface area contributed by atoms with E-state index in [1.807, 2.05) is 6.07 Å². The van der Waals surface area contributed by atoms with Crippen LogP contribution in [0.15, 0.2) is 6.07 Å². The van der Waals surface area contributed by atoms with E-state index in [2.05, 4.69) is 12.2 Å². The van der Waals surface area contributed by atoms with Gasteiger partial charge in [0, 0.05) is 12.1 Å². The highest BCUT2D eigenvalue weighted by Gasteiger charge is 2.24. The molecule has 0 amide bonds. The van der Waals surface area contributed by atoms with E-state index in [-0.39, 0.29) is 0 Å². The second kappa shape index (κ2) is 3.77. The van der Waals surface area contributed by atoms with Crippen LogP contribution < -0.4 is 5.32 Å². The van der Waals surface area contributed by atoms with Gasteiger partial charge in [-0.25, -0.2) is 0 Å². The molecule has 1 saturated carbocycles. The summed E-state index contributed by atoms with van der Waals surface area (Å²) in [6, 6.07) is 2.97. The van der Waals surface area contributed by atoms with Gasteiger partial charge in [-0.3, -0.25) is 0 Å². The van der Waals surface area contributed by atoms with Crippen molar-refractivity contribution in [1.82, 2.24) is 5.32 Å². The third-order valence-corrected chi connectivity index (χ3v) is 3.73. The molecule has 0 spiro atoms. The van der Waals surface area contributed by atoms with Gasteiger partial charge in [-0.05, 0) is 31.4 Å². The van der Waals surface area contributed by atoms with Crippen molar-refractivity contribution >= 4 is 34.5 Å². The first-order valence-electron chi connectivity index (χ1n) is 4.37. The Hall–Kier alpha value is 0.240. The molecule has 1 nitrogen and oxygen atoms in total. The highest BCUT2D eigenvalue weighted by atomic mass is 35.5. The van der Waals surface area contributed by atoms with E-state index in [9.17, 15) is 0 Å². The number of rotatable bonds is 3. The summed E-state index contributed by atoms with van der Waals surface area (Å²) in [4.78, 5) is 0. The maximum Gasteiger partial charge on any atom is 0.0991 e. The van der Waals surface area contributed by atoms with Crippen molar-refractivity contribution in [2.45, 2.75) is 31.8 Å². The summed E-state index contributed by atoms with van der Waals surface area (Å²) in [6.45, 7) is 2.13. The minimum atomic E-state index is 0.323. The third-order valence-electron chi connectivity index (χ3n) is 2.21. The lowest BCUT2D eigenvalue weighted by Gasteiger charge is -2.11. The zero-order valence-electron chi connectivity index (χ0n) is 7.31. The molecule has 1 atom stereocenters. The predicted octanol–water partition coefficient (Wildman–Crippen LogP) is 3.87. The van der Waals surface area contributed by atoms with Crippen LogP contribution in [0.1, 0.15) is 31.4 Å². The lowest BCUT2D eigenvalue weighted by molar-refractivity contribution is 0.573. The SMILES string of the molecule is CC(NC1CC1)c1cc(Cl)sc1Cl. The van der Waals surface area contributed by atoms with Crippen LogP contribution >= 0.6 is 34.5 Å². The minimum Gasteiger partial charge on any atom is -0.307 e. The Labute approximate surface area is 92.0 Å². The van der Waals surface area contributed by atoms with Crippen LogP contribution in [0, 0.1) is 0 Å². The highest BCUT2D eigenvalue weighted by molar-refractivity contribution is 7.20. The van der Waals surface area contributed by atoms with E-state index in [4.69, 9.17) is 23.2 Å². The molecule has 0 saturated heterocycles. The van der Waals surface area contributed by atoms with E-state index >= 15 is 0 Å². The van der Waals surface area contributed by atoms with Crippen LogP contribution in [-0.4, -0.2) is 6.04 Å². The van der Waals surface area contributed by atoms with Crippen molar-refractivity contribution in [2.75, 3.05) is 0 Å². The van der Waals surface area contributed by atoms with Crippen LogP contribution in [0.5, 0.6) is 0 Å². The first-order valence-corrected chi connectivity index (χ1v) is 5.95. The van der Waals surface area contributed by atoms with Gasteiger partial charge < -0.3 is 5.32 Å². The summed E-state index contributed by atoms with van der Waals surface area (Å²) in [6.07, 6.45) is 2.58. The fraction of sp³-hybridized carbons (Fsp3) is 0.556. The monoisotopic (exact) mass is 235 g/mol. The Morgan fingerprint density at radius 3 is 2.69 bits per heavy atom. The summed E-state index contributed by atoms with van der Waals surface area (Å²) in [5.74, 6) is 0. The van der Waals surface area contributed by atoms with Gasteiger partial charge in [0.25, 0.3) is 0 Å². The van der Waals surface area contributed by atoms with Crippen molar-refractivity contribution in [1.29, 1.82) is 0 Å². The lowest BCUT2D eigenvalue weighted by atomic mass is 10.2. The first-order chi connectivity index (χ1) is 6.16. The summed E-state index contributed by atoms with van der Waals surface area (Å²) >= 11 is 13.3. The number of halogens is 2. The number of nitrogens with one attached hydrogen (secondary N) is 1. The zero-order valence-corrected chi connectivity index (χ0v) is 9.64. The highest BCUT2D eigenvalue weighted by Crippen LogP contribution is 2.36. The van der Waals surface area contributed by atoms with Gasteiger partial charge in [-0.2, -0.15) is 0 Å². The molecule has 0 bridgehead atoms. The molecular weight excluding hydrogens is 225 g/mol. The van der Waals surface area contributed by atoms with Gasteiger partial charge in [0.1, 0.15) is 0 Å². The largest absolute Gasteiger partial charge is 0.307 e. The van der Waals surface area contributed by atoms with Crippen LogP contribution in [0.2, 0.25) is 8.67 Å². The molecule has 4 heteroatoms. The summed E-state index contributed by atoms with van der Waals surface area (Å²) < 4.78 is 1.58. The maximum absolute atomic E-state index is 6.04. The first kappa shape index (κ1) is 9.78. The van der Waals surface area contributed by atoms with Gasteiger partial charge >= 0.3 is 0 Å². The Bertz CT molecular complexity index is 307. The molecule has 1 N–H and O–H groups in total. The minimum absolute atomic E-state index is 0.323. The fourth-order valence-electron chi connectivity index (χ4n) is 1.34. The molecule has 1 aromatic heterocycles. The number of thiophene rings is 1. The molecule has 13 heavy (non-hydrogen) atoms. The van der Waals surface area contributed by atoms with Crippen molar-refractivity contribution in [3.8, 4) is 0 Å². The number of hydrogen-bond acceptors (Lipinski definition) is 2. The zero-order chi connectivity index (χ0) is 9.42. The predicted molar refractivity (Wildman–Crippen MR) is 58.9 cm³/mol. The Balaban J connectivity index is 2.08. The average Bonchev–Trinajstić information content (AvgIpc) is 2.77. The summed E-state index contributed by atoms with van der Waals surface area (Å²) in [5, 5.41) is 3.49. The van der Waals surface area contributed by atoms with Gasteiger partial charge in [0.15, 0.2) is 0 Å². The number of hydrogen-bond donors (Lipinski definition) is 1. The molecule has 0 aromatic carbocycles. The smallest absolute Gasteiger partial charge is 0.0991 e. The lowest BCUT2D eigenvalue weighted by Crippen LogP contribution is -2.20. The molecule has 2 rings (SSSR count). The summed E-state index contributed by atoms with van der Waals surface area (Å²) in [5.41, 5.74) is 1.13. The van der Waals surface area contributed by atoms with E-state index in [0.717, 1.165) is 14.2 Å². The van der Waals surface area contributed by atoms with Crippen molar-refractivity contribution < 1.29 is 0 Å². The molecule has 0 aliphatic heterocycles. The van der Waals surface area contributed by atoms with Crippen molar-refractivity contribution in [3.05, 3.63) is 20.3 Å². The van der Waals surface area contributed by atoms with Gasteiger partial charge in [-0.1, -0.05) is 23.2 Å². The van der Waals surface area contributed by atoms with E-state index in [0.29, 0.717) is 12.1 Å². The maximum atomic E-state index is 6.04. The molecule has 1 heterocycles. The van der Waals surface area contributed by atoms with Crippen molar-refractivity contribution in [2.24, 2.45) is 0 Å². The molecular formula is C9H11Cl2NS. The van der Waals surface area contributed by atoms with E-state index in [1.54, 1.807) is 0 Å². The average molecular weight is 236 g/mol. The van der Waals surface area contributed by atoms with Gasteiger partial charge in [0.2, 0.25) is 0 Å². The quantitative estimate of drug-likeness (QED) is 0.840. The summed E-state index contributed by atoms with van der Waals surface area (Å²) in [7, 11) is 0. The Morgan fingerprint density at radius 2 is 2.23 bits per heavy atom. The van der Waals surface area contributed by atoms with E-state index < -0.39 is 0 Å². The van der Waals surface area contributed by atoms with Gasteiger partial charge in [-0.15, -0.1) is 11.3 Å². The van der Waals surface area contributed by atoms with Crippen LogP contribution in [0.4, 0.5) is 0 Å². The standard InChI is InChI=1S/C9H11Cl2NS/c1-5(12-6-2-3-6)7-4-8(10)13-9(7)11/h4-6,12H,2-3H2,1H3. The van der Waals surface area contributed by atoms with E-state index in [1.165, 1.54) is 24.2 Å². The fourth-order valence-corrected chi connectivity index (χ4v) is 2.99. The molecule has 1 fully saturated rings. The van der Waals surface area contributed by atoms with Crippen LogP contribution in [-0.2, 0) is 0 Å². The van der Waals surface area contributed by atoms with Crippen molar-refractivity contribution in [3.63, 3.8) is 0 Å². The molecule has 1 aromatic rings. The molecule has 1 aliphatic rings. The Morgan fingerprint density at radius 1 is 1.54 bits per heavy atom. The molecule has 72 valence electrons. The third kappa shape index (κ3) is 2.38. The topological polar surface area (TPSA) is 12.0 Å². The molecule has 0 radical (unpaired) electrons. The molecule has 1 aliphatic carbocycles. The normalized spacial score (nSPS) is 19.0.